The molecular formula is C19H14ClN3O2. The average Bonchev–Trinajstić information content (AvgIpc) is 3.01. The molecule has 0 unspecified atom stereocenters. The second-order valence-electron chi connectivity index (χ2n) is 5.77. The first-order chi connectivity index (χ1) is 12.1. The lowest BCUT2D eigenvalue weighted by Gasteiger charge is -2.17. The van der Waals surface area contributed by atoms with Crippen LogP contribution in [0.3, 0.4) is 0 Å². The molecule has 25 heavy (non-hydrogen) atoms. The van der Waals surface area contributed by atoms with Crippen LogP contribution in [0.4, 0.5) is 0 Å². The van der Waals surface area contributed by atoms with Gasteiger partial charge >= 0.3 is 0 Å². The highest BCUT2D eigenvalue weighted by atomic mass is 35.5. The fourth-order valence-corrected chi connectivity index (χ4v) is 2.98. The summed E-state index contributed by atoms with van der Waals surface area (Å²) in [7, 11) is 1.80. The zero-order chi connectivity index (χ0) is 17.4. The second kappa shape index (κ2) is 6.18. The molecule has 1 aliphatic carbocycles. The fraction of sp³-hybridized carbons (Fsp3) is 0.105. The number of ketones is 1. The smallest absolute Gasteiger partial charge is 0.212 e. The van der Waals surface area contributed by atoms with E-state index in [0.717, 1.165) is 11.1 Å². The van der Waals surface area contributed by atoms with Crippen molar-refractivity contribution in [2.24, 2.45) is 12.2 Å². The summed E-state index contributed by atoms with van der Waals surface area (Å²) in [4.78, 5) is 22.6. The summed E-state index contributed by atoms with van der Waals surface area (Å²) in [6, 6.07) is 14.7. The number of aryl methyl sites for hydroxylation is 1. The molecule has 124 valence electrons. The third kappa shape index (κ3) is 2.72. The van der Waals surface area contributed by atoms with Gasteiger partial charge in [-0.05, 0) is 17.7 Å². The Kier molecular flexibility index (Phi) is 3.86. The molecule has 1 aromatic heterocycles. The van der Waals surface area contributed by atoms with Crippen LogP contribution in [0.25, 0.3) is 0 Å². The first-order valence-corrected chi connectivity index (χ1v) is 8.13. The Morgan fingerprint density at radius 2 is 1.84 bits per heavy atom. The van der Waals surface area contributed by atoms with E-state index in [1.54, 1.807) is 36.1 Å². The Morgan fingerprint density at radius 1 is 1.12 bits per heavy atom. The van der Waals surface area contributed by atoms with Crippen molar-refractivity contribution >= 4 is 23.1 Å². The molecule has 0 aliphatic heterocycles. The number of nitrogens with zero attached hydrogens (tertiary/aromatic N) is 3. The quantitative estimate of drug-likeness (QED) is 0.530. The number of rotatable bonds is 3. The van der Waals surface area contributed by atoms with E-state index in [1.807, 2.05) is 30.3 Å². The number of hydrogen-bond donors (Lipinski definition) is 0. The molecule has 0 saturated carbocycles. The van der Waals surface area contributed by atoms with Gasteiger partial charge < -0.3 is 9.40 Å². The van der Waals surface area contributed by atoms with E-state index in [-0.39, 0.29) is 5.78 Å². The van der Waals surface area contributed by atoms with Gasteiger partial charge in [0.25, 0.3) is 0 Å². The van der Waals surface area contributed by atoms with E-state index in [9.17, 15) is 4.79 Å². The average molecular weight is 352 g/mol. The zero-order valence-electron chi connectivity index (χ0n) is 13.4. The van der Waals surface area contributed by atoms with Crippen molar-refractivity contribution in [1.82, 2.24) is 9.55 Å². The van der Waals surface area contributed by atoms with Gasteiger partial charge in [0.05, 0.1) is 6.33 Å². The molecule has 1 heterocycles. The number of halogens is 1. The van der Waals surface area contributed by atoms with E-state index in [4.69, 9.17) is 16.4 Å². The maximum Gasteiger partial charge on any atom is 0.212 e. The molecule has 6 heteroatoms. The molecule has 0 atom stereocenters. The molecule has 0 amide bonds. The largest absolute Gasteiger partial charge is 0.390 e. The van der Waals surface area contributed by atoms with Gasteiger partial charge in [-0.1, -0.05) is 53.2 Å². The Morgan fingerprint density at radius 3 is 2.60 bits per heavy atom. The highest BCUT2D eigenvalue weighted by Gasteiger charge is 2.32. The highest BCUT2D eigenvalue weighted by Crippen LogP contribution is 2.26. The van der Waals surface area contributed by atoms with Crippen LogP contribution in [0.1, 0.15) is 32.9 Å². The van der Waals surface area contributed by atoms with Gasteiger partial charge in [-0.3, -0.25) is 4.79 Å². The van der Waals surface area contributed by atoms with Crippen molar-refractivity contribution in [3.8, 4) is 0 Å². The van der Waals surface area contributed by atoms with Crippen LogP contribution < -0.4 is 0 Å². The molecule has 0 N–H and O–H groups in total. The van der Waals surface area contributed by atoms with Crippen LogP contribution >= 0.6 is 11.6 Å². The molecule has 3 aromatic rings. The van der Waals surface area contributed by atoms with Gasteiger partial charge in [-0.25, -0.2) is 4.98 Å². The van der Waals surface area contributed by atoms with Gasteiger partial charge in [0.2, 0.25) is 5.78 Å². The number of imidazole rings is 1. The second-order valence-corrected chi connectivity index (χ2v) is 6.20. The van der Waals surface area contributed by atoms with Gasteiger partial charge in [-0.15, -0.1) is 0 Å². The van der Waals surface area contributed by atoms with Crippen LogP contribution in [0.2, 0.25) is 5.02 Å². The lowest BCUT2D eigenvalue weighted by molar-refractivity contribution is 0.102. The lowest BCUT2D eigenvalue weighted by atomic mass is 9.89. The van der Waals surface area contributed by atoms with E-state index < -0.39 is 0 Å². The standard InChI is InChI=1S/C19H14ClN3O2/c1-23-11-21-17-16(22-25-10-12-6-8-13(20)9-7-12)14-4-2-3-5-15(14)19(24)18(17)23/h2-9,11H,10H2,1H3/b22-16-. The summed E-state index contributed by atoms with van der Waals surface area (Å²) < 4.78 is 1.71. The van der Waals surface area contributed by atoms with Crippen LogP contribution in [-0.2, 0) is 18.5 Å². The molecule has 4 rings (SSSR count). The maximum atomic E-state index is 12.7. The number of hydrogen-bond acceptors (Lipinski definition) is 4. The molecule has 0 fully saturated rings. The predicted octanol–water partition coefficient (Wildman–Crippen LogP) is 3.59. The van der Waals surface area contributed by atoms with Crippen LogP contribution in [-0.4, -0.2) is 21.0 Å². The lowest BCUT2D eigenvalue weighted by Crippen LogP contribution is -2.23. The van der Waals surface area contributed by atoms with Crippen molar-refractivity contribution in [3.63, 3.8) is 0 Å². The topological polar surface area (TPSA) is 56.5 Å². The normalized spacial score (nSPS) is 14.3. The Labute approximate surface area is 149 Å². The van der Waals surface area contributed by atoms with Crippen LogP contribution in [0.15, 0.2) is 60.0 Å². The Balaban J connectivity index is 1.70. The summed E-state index contributed by atoms with van der Waals surface area (Å²) >= 11 is 5.88. The molecule has 5 nitrogen and oxygen atoms in total. The number of oxime groups is 1. The van der Waals surface area contributed by atoms with Crippen molar-refractivity contribution in [2.75, 3.05) is 0 Å². The maximum absolute atomic E-state index is 12.7. The van der Waals surface area contributed by atoms with E-state index >= 15 is 0 Å². The van der Waals surface area contributed by atoms with Gasteiger partial charge in [0, 0.05) is 23.2 Å². The first-order valence-electron chi connectivity index (χ1n) is 7.75. The predicted molar refractivity (Wildman–Crippen MR) is 95.0 cm³/mol. The summed E-state index contributed by atoms with van der Waals surface area (Å²) in [6.45, 7) is 0.305. The van der Waals surface area contributed by atoms with E-state index in [0.29, 0.717) is 34.3 Å². The molecule has 2 aromatic carbocycles. The van der Waals surface area contributed by atoms with Crippen molar-refractivity contribution in [1.29, 1.82) is 0 Å². The number of carbonyl (C=O) groups is 1. The monoisotopic (exact) mass is 351 g/mol. The van der Waals surface area contributed by atoms with Gasteiger partial charge in [-0.2, -0.15) is 0 Å². The molecule has 1 aliphatic rings. The molecule has 0 radical (unpaired) electrons. The molecular weight excluding hydrogens is 338 g/mol. The molecule has 0 bridgehead atoms. The number of benzene rings is 2. The first kappa shape index (κ1) is 15.6. The summed E-state index contributed by atoms with van der Waals surface area (Å²) in [5.74, 6) is -0.0535. The SMILES string of the molecule is Cn1cnc2c1C(=O)c1ccccc1/C2=N/OCc1ccc(Cl)cc1. The van der Waals surface area contributed by atoms with Crippen LogP contribution in [0.5, 0.6) is 0 Å². The molecule has 0 saturated heterocycles. The third-order valence-electron chi connectivity index (χ3n) is 4.10. The Hall–Kier alpha value is -2.92. The van der Waals surface area contributed by atoms with Gasteiger partial charge in [0.15, 0.2) is 0 Å². The van der Waals surface area contributed by atoms with E-state index in [1.165, 1.54) is 0 Å². The van der Waals surface area contributed by atoms with E-state index in [2.05, 4.69) is 10.1 Å². The number of carbonyl (C=O) groups excluding carboxylic acids is 1. The van der Waals surface area contributed by atoms with Crippen molar-refractivity contribution in [3.05, 3.63) is 88.0 Å². The fourth-order valence-electron chi connectivity index (χ4n) is 2.86. The minimum atomic E-state index is -0.0535. The zero-order valence-corrected chi connectivity index (χ0v) is 14.2. The number of fused-ring (bicyclic) bond motifs is 2. The third-order valence-corrected chi connectivity index (χ3v) is 4.36. The van der Waals surface area contributed by atoms with Crippen molar-refractivity contribution in [2.45, 2.75) is 6.61 Å². The summed E-state index contributed by atoms with van der Waals surface area (Å²) in [5.41, 5.74) is 3.92. The van der Waals surface area contributed by atoms with Crippen LogP contribution in [0, 0.1) is 0 Å². The minimum absolute atomic E-state index is 0.0535. The van der Waals surface area contributed by atoms with Crippen molar-refractivity contribution < 1.29 is 9.63 Å². The minimum Gasteiger partial charge on any atom is -0.390 e. The number of aromatic nitrogens is 2. The highest BCUT2D eigenvalue weighted by molar-refractivity contribution is 6.30. The van der Waals surface area contributed by atoms with Gasteiger partial charge in [0.1, 0.15) is 23.7 Å². The summed E-state index contributed by atoms with van der Waals surface area (Å²) in [6.07, 6.45) is 1.61. The Bertz CT molecular complexity index is 990. The summed E-state index contributed by atoms with van der Waals surface area (Å²) in [5, 5.41) is 4.96. The molecule has 0 spiro atoms.